The predicted molar refractivity (Wildman–Crippen MR) is 121 cm³/mol. The van der Waals surface area contributed by atoms with Crippen LogP contribution in [0.25, 0.3) is 0 Å². The van der Waals surface area contributed by atoms with E-state index in [-0.39, 0.29) is 24.0 Å². The highest BCUT2D eigenvalue weighted by atomic mass is 127. The fourth-order valence-electron chi connectivity index (χ4n) is 3.46. The smallest absolute Gasteiger partial charge is 0.191 e. The molecule has 2 saturated carbocycles. The molecular formula is C21H34IN3O2. The number of hydrogen-bond donors (Lipinski definition) is 2. The summed E-state index contributed by atoms with van der Waals surface area (Å²) in [6.07, 6.45) is 7.61. The average Bonchev–Trinajstić information content (AvgIpc) is 3.46. The molecule has 2 aliphatic carbocycles. The minimum Gasteiger partial charge on any atom is -0.493 e. The van der Waals surface area contributed by atoms with Gasteiger partial charge in [-0.25, -0.2) is 0 Å². The van der Waals surface area contributed by atoms with Crippen LogP contribution in [0.15, 0.2) is 29.3 Å². The SMILES string of the molecule is CN=C(NCc1ccccc1OCC1CC1)NCC1(CCOC)CCC1.I. The fourth-order valence-corrected chi connectivity index (χ4v) is 3.46. The third kappa shape index (κ3) is 6.82. The molecule has 0 unspecified atom stereocenters. The molecule has 152 valence electrons. The maximum absolute atomic E-state index is 6.00. The number of benzene rings is 1. The van der Waals surface area contributed by atoms with E-state index in [0.717, 1.165) is 43.8 Å². The van der Waals surface area contributed by atoms with Crippen LogP contribution in [0.4, 0.5) is 0 Å². The summed E-state index contributed by atoms with van der Waals surface area (Å²) in [7, 11) is 3.61. The Morgan fingerprint density at radius 3 is 2.63 bits per heavy atom. The zero-order valence-electron chi connectivity index (χ0n) is 16.6. The Hall–Kier alpha value is -1.02. The number of hydrogen-bond acceptors (Lipinski definition) is 3. The molecule has 0 spiro atoms. The molecule has 0 aliphatic heterocycles. The van der Waals surface area contributed by atoms with Crippen LogP contribution in [0.3, 0.4) is 0 Å². The number of para-hydroxylation sites is 1. The van der Waals surface area contributed by atoms with E-state index in [1.54, 1.807) is 7.11 Å². The molecule has 1 aromatic carbocycles. The van der Waals surface area contributed by atoms with E-state index < -0.39 is 0 Å². The van der Waals surface area contributed by atoms with Crippen molar-refractivity contribution in [2.45, 2.75) is 45.1 Å². The molecule has 0 saturated heterocycles. The number of aliphatic imine (C=N–C) groups is 1. The number of nitrogens with zero attached hydrogens (tertiary/aromatic N) is 1. The van der Waals surface area contributed by atoms with Gasteiger partial charge in [-0.1, -0.05) is 24.6 Å². The Labute approximate surface area is 180 Å². The first-order valence-electron chi connectivity index (χ1n) is 9.89. The highest BCUT2D eigenvalue weighted by molar-refractivity contribution is 14.0. The molecular weight excluding hydrogens is 453 g/mol. The van der Waals surface area contributed by atoms with Gasteiger partial charge in [-0.3, -0.25) is 4.99 Å². The number of methoxy groups -OCH3 is 1. The molecule has 2 N–H and O–H groups in total. The van der Waals surface area contributed by atoms with Crippen molar-refractivity contribution in [3.63, 3.8) is 0 Å². The quantitative estimate of drug-likeness (QED) is 0.298. The van der Waals surface area contributed by atoms with Crippen molar-refractivity contribution in [2.75, 3.05) is 33.9 Å². The Bertz CT molecular complexity index is 601. The van der Waals surface area contributed by atoms with Crippen molar-refractivity contribution in [3.8, 4) is 5.75 Å². The summed E-state index contributed by atoms with van der Waals surface area (Å²) < 4.78 is 11.3. The molecule has 0 bridgehead atoms. The lowest BCUT2D eigenvalue weighted by Gasteiger charge is -2.42. The number of ether oxygens (including phenoxy) is 2. The van der Waals surface area contributed by atoms with Gasteiger partial charge in [0.15, 0.2) is 5.96 Å². The van der Waals surface area contributed by atoms with Crippen molar-refractivity contribution < 1.29 is 9.47 Å². The number of rotatable bonds is 10. The van der Waals surface area contributed by atoms with Gasteiger partial charge < -0.3 is 20.1 Å². The van der Waals surface area contributed by atoms with Gasteiger partial charge in [-0.15, -0.1) is 24.0 Å². The van der Waals surface area contributed by atoms with Crippen LogP contribution in [0, 0.1) is 11.3 Å². The number of nitrogens with one attached hydrogen (secondary N) is 2. The molecule has 0 aromatic heterocycles. The molecule has 1 aromatic rings. The minimum absolute atomic E-state index is 0. The highest BCUT2D eigenvalue weighted by Gasteiger charge is 2.36. The molecule has 2 aliphatic rings. The molecule has 2 fully saturated rings. The van der Waals surface area contributed by atoms with Crippen molar-refractivity contribution in [3.05, 3.63) is 29.8 Å². The summed E-state index contributed by atoms with van der Waals surface area (Å²) in [5, 5.41) is 6.95. The largest absolute Gasteiger partial charge is 0.493 e. The van der Waals surface area contributed by atoms with Gasteiger partial charge in [0.05, 0.1) is 6.61 Å². The first-order chi connectivity index (χ1) is 12.7. The van der Waals surface area contributed by atoms with Crippen molar-refractivity contribution >= 4 is 29.9 Å². The fraction of sp³-hybridized carbons (Fsp3) is 0.667. The average molecular weight is 487 g/mol. The highest BCUT2D eigenvalue weighted by Crippen LogP contribution is 2.43. The van der Waals surface area contributed by atoms with Crippen LogP contribution in [0.1, 0.15) is 44.1 Å². The van der Waals surface area contributed by atoms with Crippen LogP contribution in [-0.4, -0.2) is 39.9 Å². The molecule has 0 radical (unpaired) electrons. The predicted octanol–water partition coefficient (Wildman–Crippen LogP) is 3.97. The summed E-state index contributed by atoms with van der Waals surface area (Å²) in [6, 6.07) is 8.28. The number of halogens is 1. The minimum atomic E-state index is 0. The normalized spacial score (nSPS) is 18.2. The van der Waals surface area contributed by atoms with Gasteiger partial charge >= 0.3 is 0 Å². The monoisotopic (exact) mass is 487 g/mol. The summed E-state index contributed by atoms with van der Waals surface area (Å²) in [5.41, 5.74) is 1.55. The van der Waals surface area contributed by atoms with Gasteiger partial charge in [0.25, 0.3) is 0 Å². The Kier molecular flexibility index (Phi) is 9.15. The second kappa shape index (κ2) is 11.1. The van der Waals surface area contributed by atoms with Gasteiger partial charge in [-0.2, -0.15) is 0 Å². The summed E-state index contributed by atoms with van der Waals surface area (Å²) in [6.45, 7) is 3.34. The molecule has 27 heavy (non-hydrogen) atoms. The lowest BCUT2D eigenvalue weighted by molar-refractivity contribution is 0.0732. The van der Waals surface area contributed by atoms with Crippen molar-refractivity contribution in [1.29, 1.82) is 0 Å². The van der Waals surface area contributed by atoms with Crippen LogP contribution in [0.5, 0.6) is 5.75 Å². The van der Waals surface area contributed by atoms with Crippen LogP contribution >= 0.6 is 24.0 Å². The zero-order chi connectivity index (χ0) is 18.2. The van der Waals surface area contributed by atoms with E-state index in [4.69, 9.17) is 9.47 Å². The Morgan fingerprint density at radius 2 is 2.00 bits per heavy atom. The van der Waals surface area contributed by atoms with Crippen LogP contribution in [-0.2, 0) is 11.3 Å². The van der Waals surface area contributed by atoms with Crippen molar-refractivity contribution in [1.82, 2.24) is 10.6 Å². The molecule has 3 rings (SSSR count). The summed E-state index contributed by atoms with van der Waals surface area (Å²) in [5.74, 6) is 2.60. The third-order valence-electron chi connectivity index (χ3n) is 5.70. The van der Waals surface area contributed by atoms with Crippen LogP contribution < -0.4 is 15.4 Å². The first-order valence-corrected chi connectivity index (χ1v) is 9.89. The second-order valence-corrected chi connectivity index (χ2v) is 7.74. The molecule has 6 heteroatoms. The van der Waals surface area contributed by atoms with Crippen molar-refractivity contribution in [2.24, 2.45) is 16.3 Å². The van der Waals surface area contributed by atoms with Gasteiger partial charge in [0, 0.05) is 39.4 Å². The van der Waals surface area contributed by atoms with Gasteiger partial charge in [0.1, 0.15) is 5.75 Å². The molecule has 0 heterocycles. The molecule has 0 atom stereocenters. The van der Waals surface area contributed by atoms with E-state index >= 15 is 0 Å². The molecule has 0 amide bonds. The van der Waals surface area contributed by atoms with E-state index in [2.05, 4.69) is 33.8 Å². The zero-order valence-corrected chi connectivity index (χ0v) is 19.0. The lowest BCUT2D eigenvalue weighted by atomic mass is 9.67. The first kappa shape index (κ1) is 22.3. The lowest BCUT2D eigenvalue weighted by Crippen LogP contribution is -2.46. The van der Waals surface area contributed by atoms with E-state index in [0.29, 0.717) is 12.0 Å². The number of guanidine groups is 1. The topological polar surface area (TPSA) is 54.9 Å². The van der Waals surface area contributed by atoms with Gasteiger partial charge in [0.2, 0.25) is 0 Å². The van der Waals surface area contributed by atoms with E-state index in [9.17, 15) is 0 Å². The summed E-state index contributed by atoms with van der Waals surface area (Å²) >= 11 is 0. The summed E-state index contributed by atoms with van der Waals surface area (Å²) in [4.78, 5) is 4.38. The van der Waals surface area contributed by atoms with E-state index in [1.807, 2.05) is 13.1 Å². The Morgan fingerprint density at radius 1 is 1.22 bits per heavy atom. The Balaban J connectivity index is 0.00000261. The van der Waals surface area contributed by atoms with E-state index in [1.165, 1.54) is 37.7 Å². The molecule has 5 nitrogen and oxygen atoms in total. The van der Waals surface area contributed by atoms with Crippen LogP contribution in [0.2, 0.25) is 0 Å². The van der Waals surface area contributed by atoms with Gasteiger partial charge in [-0.05, 0) is 49.5 Å². The standard InChI is InChI=1S/C21H33N3O2.HI/c1-22-20(24-16-21(10-5-11-21)12-13-25-2)23-14-18-6-3-4-7-19(18)26-15-17-8-9-17;/h3-4,6-7,17H,5,8-16H2,1-2H3,(H2,22,23,24);1H. The third-order valence-corrected chi connectivity index (χ3v) is 5.70. The second-order valence-electron chi connectivity index (χ2n) is 7.74. The maximum Gasteiger partial charge on any atom is 0.191 e. The maximum atomic E-state index is 6.00.